The predicted octanol–water partition coefficient (Wildman–Crippen LogP) is 15.3. The minimum atomic E-state index is -0.0842. The summed E-state index contributed by atoms with van der Waals surface area (Å²) in [6.07, 6.45) is 0. The van der Waals surface area contributed by atoms with Crippen LogP contribution in [0.2, 0.25) is 0 Å². The van der Waals surface area contributed by atoms with Gasteiger partial charge >= 0.3 is 0 Å². The van der Waals surface area contributed by atoms with E-state index in [9.17, 15) is 0 Å². The molecule has 10 rings (SSSR count). The Labute approximate surface area is 329 Å². The summed E-state index contributed by atoms with van der Waals surface area (Å²) < 4.78 is 0. The second-order valence-electron chi connectivity index (χ2n) is 15.4. The van der Waals surface area contributed by atoms with Gasteiger partial charge in [0, 0.05) is 22.5 Å². The molecule has 0 radical (unpaired) electrons. The summed E-state index contributed by atoms with van der Waals surface area (Å²) >= 11 is 0. The first-order chi connectivity index (χ1) is 27.5. The van der Waals surface area contributed by atoms with Crippen molar-refractivity contribution < 1.29 is 0 Å². The average Bonchev–Trinajstić information content (AvgIpc) is 3.50. The van der Waals surface area contributed by atoms with Crippen LogP contribution < -0.4 is 4.90 Å². The van der Waals surface area contributed by atoms with Crippen LogP contribution in [0.15, 0.2) is 212 Å². The SMILES string of the molecule is CC1(C)c2ccccc2-c2cccc(-c3ccc(N(c4ccc(-c5ccccc5)cc4)c4cccc(-c5cccc(-c6cccc7ccccc67)c5)c4)cc3)c21. The van der Waals surface area contributed by atoms with Crippen LogP contribution in [0.4, 0.5) is 17.1 Å². The zero-order valence-corrected chi connectivity index (χ0v) is 31.7. The minimum Gasteiger partial charge on any atom is -0.310 e. The molecule has 0 aliphatic heterocycles. The maximum Gasteiger partial charge on any atom is 0.0467 e. The summed E-state index contributed by atoms with van der Waals surface area (Å²) in [5.41, 5.74) is 18.5. The molecular weight excluding hydrogens is 675 g/mol. The molecule has 0 heterocycles. The van der Waals surface area contributed by atoms with Crippen molar-refractivity contribution in [3.8, 4) is 55.6 Å². The largest absolute Gasteiger partial charge is 0.310 e. The van der Waals surface area contributed by atoms with Gasteiger partial charge in [-0.3, -0.25) is 0 Å². The van der Waals surface area contributed by atoms with E-state index < -0.39 is 0 Å². The summed E-state index contributed by atoms with van der Waals surface area (Å²) in [4.78, 5) is 2.38. The highest BCUT2D eigenvalue weighted by Crippen LogP contribution is 2.52. The van der Waals surface area contributed by atoms with E-state index in [0.29, 0.717) is 0 Å². The summed E-state index contributed by atoms with van der Waals surface area (Å²) in [7, 11) is 0. The Balaban J connectivity index is 1.06. The van der Waals surface area contributed by atoms with Gasteiger partial charge in [-0.1, -0.05) is 184 Å². The average molecular weight is 716 g/mol. The maximum atomic E-state index is 2.38. The maximum absolute atomic E-state index is 2.38. The fraction of sp³-hybridized carbons (Fsp3) is 0.0545. The topological polar surface area (TPSA) is 3.24 Å². The van der Waals surface area contributed by atoms with E-state index in [1.807, 2.05) is 0 Å². The third kappa shape index (κ3) is 5.81. The minimum absolute atomic E-state index is 0.0842. The van der Waals surface area contributed by atoms with Crippen molar-refractivity contribution in [3.63, 3.8) is 0 Å². The van der Waals surface area contributed by atoms with Crippen LogP contribution in [-0.4, -0.2) is 0 Å². The van der Waals surface area contributed by atoms with Gasteiger partial charge < -0.3 is 4.90 Å². The van der Waals surface area contributed by atoms with Gasteiger partial charge in [0.15, 0.2) is 0 Å². The molecule has 0 saturated carbocycles. The molecule has 0 spiro atoms. The van der Waals surface area contributed by atoms with Crippen LogP contribution in [0.3, 0.4) is 0 Å². The molecule has 1 aliphatic rings. The zero-order valence-electron chi connectivity index (χ0n) is 31.7. The second-order valence-corrected chi connectivity index (χ2v) is 15.4. The predicted molar refractivity (Wildman–Crippen MR) is 238 cm³/mol. The van der Waals surface area contributed by atoms with Gasteiger partial charge in [-0.25, -0.2) is 0 Å². The van der Waals surface area contributed by atoms with Crippen LogP contribution in [0.1, 0.15) is 25.0 Å². The summed E-state index contributed by atoms with van der Waals surface area (Å²) in [5, 5.41) is 2.52. The highest BCUT2D eigenvalue weighted by atomic mass is 15.1. The van der Waals surface area contributed by atoms with E-state index in [-0.39, 0.29) is 5.41 Å². The number of hydrogen-bond donors (Lipinski definition) is 0. The van der Waals surface area contributed by atoms with Crippen LogP contribution in [0.5, 0.6) is 0 Å². The number of rotatable bonds is 7. The Bertz CT molecular complexity index is 2860. The zero-order chi connectivity index (χ0) is 37.6. The Hall–Kier alpha value is -6.96. The van der Waals surface area contributed by atoms with E-state index >= 15 is 0 Å². The van der Waals surface area contributed by atoms with Gasteiger partial charge in [-0.2, -0.15) is 0 Å². The van der Waals surface area contributed by atoms with Crippen LogP contribution in [0.25, 0.3) is 66.4 Å². The van der Waals surface area contributed by atoms with Crippen molar-refractivity contribution in [2.75, 3.05) is 4.90 Å². The molecule has 0 amide bonds. The van der Waals surface area contributed by atoms with Gasteiger partial charge in [-0.05, 0) is 120 Å². The highest BCUT2D eigenvalue weighted by Gasteiger charge is 2.37. The molecular formula is C55H41N. The Morgan fingerprint density at radius 2 is 0.839 bits per heavy atom. The van der Waals surface area contributed by atoms with E-state index in [1.54, 1.807) is 0 Å². The highest BCUT2D eigenvalue weighted by molar-refractivity contribution is 5.97. The lowest BCUT2D eigenvalue weighted by molar-refractivity contribution is 0.662. The van der Waals surface area contributed by atoms with Crippen molar-refractivity contribution in [1.82, 2.24) is 0 Å². The quantitative estimate of drug-likeness (QED) is 0.159. The molecule has 1 heteroatoms. The van der Waals surface area contributed by atoms with Crippen LogP contribution in [-0.2, 0) is 5.41 Å². The van der Waals surface area contributed by atoms with E-state index in [2.05, 4.69) is 231 Å². The molecule has 0 unspecified atom stereocenters. The molecule has 0 atom stereocenters. The Morgan fingerprint density at radius 3 is 1.64 bits per heavy atom. The lowest BCUT2D eigenvalue weighted by atomic mass is 9.79. The van der Waals surface area contributed by atoms with Crippen molar-refractivity contribution in [2.45, 2.75) is 19.3 Å². The Kier molecular flexibility index (Phi) is 8.23. The molecule has 0 bridgehead atoms. The van der Waals surface area contributed by atoms with Gasteiger partial charge in [0.2, 0.25) is 0 Å². The smallest absolute Gasteiger partial charge is 0.0467 e. The van der Waals surface area contributed by atoms with Gasteiger partial charge in [0.05, 0.1) is 0 Å². The lowest BCUT2D eigenvalue weighted by Gasteiger charge is -2.27. The first-order valence-corrected chi connectivity index (χ1v) is 19.5. The molecule has 0 fully saturated rings. The molecule has 9 aromatic rings. The summed E-state index contributed by atoms with van der Waals surface area (Å²) in [6.45, 7) is 4.72. The van der Waals surface area contributed by atoms with Gasteiger partial charge in [-0.15, -0.1) is 0 Å². The monoisotopic (exact) mass is 715 g/mol. The third-order valence-electron chi connectivity index (χ3n) is 11.7. The number of anilines is 3. The molecule has 9 aromatic carbocycles. The number of hydrogen-bond acceptors (Lipinski definition) is 1. The molecule has 0 N–H and O–H groups in total. The van der Waals surface area contributed by atoms with Crippen molar-refractivity contribution >= 4 is 27.8 Å². The first kappa shape index (κ1) is 33.6. The fourth-order valence-electron chi connectivity index (χ4n) is 8.93. The van der Waals surface area contributed by atoms with Crippen LogP contribution >= 0.6 is 0 Å². The van der Waals surface area contributed by atoms with Crippen molar-refractivity contribution in [1.29, 1.82) is 0 Å². The van der Waals surface area contributed by atoms with E-state index in [4.69, 9.17) is 0 Å². The number of fused-ring (bicyclic) bond motifs is 4. The molecule has 1 nitrogen and oxygen atoms in total. The molecule has 0 aromatic heterocycles. The number of benzene rings is 9. The fourth-order valence-corrected chi connectivity index (χ4v) is 8.93. The molecule has 0 saturated heterocycles. The van der Waals surface area contributed by atoms with E-state index in [1.165, 1.54) is 77.5 Å². The third-order valence-corrected chi connectivity index (χ3v) is 11.7. The molecule has 266 valence electrons. The van der Waals surface area contributed by atoms with Crippen LogP contribution in [0, 0.1) is 0 Å². The number of nitrogens with zero attached hydrogens (tertiary/aromatic N) is 1. The molecule has 1 aliphatic carbocycles. The van der Waals surface area contributed by atoms with E-state index in [0.717, 1.165) is 17.1 Å². The van der Waals surface area contributed by atoms with Crippen molar-refractivity contribution in [3.05, 3.63) is 223 Å². The van der Waals surface area contributed by atoms with Crippen molar-refractivity contribution in [2.24, 2.45) is 0 Å². The second kappa shape index (κ2) is 13.7. The first-order valence-electron chi connectivity index (χ1n) is 19.5. The standard InChI is InChI=1S/C55H41N/c1-55(2)53-27-9-8-23-51(53)52-26-13-25-50(54(52)55)41-30-34-46(35-31-41)56(45-32-28-39(29-33-45)38-14-4-3-5-15-38)47-21-11-19-43(37-47)42-18-10-20-44(36-42)49-24-12-17-40-16-6-7-22-48(40)49/h3-37H,1-2H3. The van der Waals surface area contributed by atoms with Gasteiger partial charge in [0.1, 0.15) is 0 Å². The normalized spacial score (nSPS) is 12.6. The van der Waals surface area contributed by atoms with Gasteiger partial charge in [0.25, 0.3) is 0 Å². The Morgan fingerprint density at radius 1 is 0.321 bits per heavy atom. The summed E-state index contributed by atoms with van der Waals surface area (Å²) in [5.74, 6) is 0. The lowest BCUT2D eigenvalue weighted by Crippen LogP contribution is -2.16. The summed E-state index contributed by atoms with van der Waals surface area (Å²) in [6, 6.07) is 77.5. The molecule has 56 heavy (non-hydrogen) atoms.